The second-order valence-electron chi connectivity index (χ2n) is 5.49. The molecule has 1 heterocycles. The maximum Gasteiger partial charge on any atom is 0.254 e. The fourth-order valence-electron chi connectivity index (χ4n) is 2.78. The van der Waals surface area contributed by atoms with Crippen LogP contribution in [0.2, 0.25) is 0 Å². The third-order valence-electron chi connectivity index (χ3n) is 4.08. The molecular weight excluding hydrogens is 255 g/mol. The van der Waals surface area contributed by atoms with Gasteiger partial charge in [0.05, 0.1) is 0 Å². The molecule has 3 nitrogen and oxygen atoms in total. The first kappa shape index (κ1) is 15.0. The first-order valence-electron chi connectivity index (χ1n) is 7.28. The number of rotatable bonds is 6. The average Bonchev–Trinajstić information content (AvgIpc) is 2.89. The Hall–Kier alpha value is -1.42. The topological polar surface area (TPSA) is 23.6 Å². The Morgan fingerprint density at radius 1 is 1.40 bits per heavy atom. The van der Waals surface area contributed by atoms with E-state index in [1.54, 1.807) is 4.90 Å². The number of nitrogens with zero attached hydrogens (tertiary/aromatic N) is 2. The van der Waals surface area contributed by atoms with Crippen LogP contribution in [0.3, 0.4) is 0 Å². The second kappa shape index (κ2) is 7.39. The minimum atomic E-state index is -0.898. The molecule has 1 amide bonds. The van der Waals surface area contributed by atoms with Gasteiger partial charge in [0, 0.05) is 19.1 Å². The number of alkyl halides is 1. The molecule has 0 N–H and O–H groups in total. The predicted octanol–water partition coefficient (Wildman–Crippen LogP) is 2.12. The number of halogens is 1. The summed E-state index contributed by atoms with van der Waals surface area (Å²) >= 11 is 0. The third-order valence-corrected chi connectivity index (χ3v) is 4.08. The van der Waals surface area contributed by atoms with Crippen molar-refractivity contribution in [2.24, 2.45) is 0 Å². The number of carbonyl (C=O) groups is 1. The molecule has 1 unspecified atom stereocenters. The van der Waals surface area contributed by atoms with Crippen LogP contribution < -0.4 is 0 Å². The van der Waals surface area contributed by atoms with Crippen LogP contribution in [0.25, 0.3) is 0 Å². The van der Waals surface area contributed by atoms with Crippen molar-refractivity contribution in [3.8, 4) is 0 Å². The highest BCUT2D eigenvalue weighted by Crippen LogP contribution is 2.16. The monoisotopic (exact) mass is 278 g/mol. The number of hydrogen-bond donors (Lipinski definition) is 0. The van der Waals surface area contributed by atoms with E-state index >= 15 is 0 Å². The van der Waals surface area contributed by atoms with Crippen molar-refractivity contribution in [3.63, 3.8) is 0 Å². The Morgan fingerprint density at radius 3 is 2.75 bits per heavy atom. The summed E-state index contributed by atoms with van der Waals surface area (Å²) in [5.74, 6) is -0.388. The van der Waals surface area contributed by atoms with Crippen LogP contribution in [0.1, 0.15) is 18.4 Å². The van der Waals surface area contributed by atoms with Gasteiger partial charge in [-0.2, -0.15) is 0 Å². The summed E-state index contributed by atoms with van der Waals surface area (Å²) in [5, 5.41) is 0. The van der Waals surface area contributed by atoms with Gasteiger partial charge in [-0.1, -0.05) is 30.3 Å². The number of hydrogen-bond acceptors (Lipinski definition) is 2. The lowest BCUT2D eigenvalue weighted by Gasteiger charge is -2.28. The smallest absolute Gasteiger partial charge is 0.254 e. The molecule has 1 aromatic carbocycles. The van der Waals surface area contributed by atoms with Gasteiger partial charge in [-0.15, -0.1) is 0 Å². The number of carbonyl (C=O) groups excluding carboxylic acids is 1. The fourth-order valence-corrected chi connectivity index (χ4v) is 2.78. The molecule has 4 heteroatoms. The quantitative estimate of drug-likeness (QED) is 0.796. The van der Waals surface area contributed by atoms with Crippen LogP contribution in [0, 0.1) is 0 Å². The molecule has 0 radical (unpaired) electrons. The molecule has 0 spiro atoms. The van der Waals surface area contributed by atoms with E-state index in [1.807, 2.05) is 30.3 Å². The lowest BCUT2D eigenvalue weighted by Crippen LogP contribution is -2.43. The van der Waals surface area contributed by atoms with E-state index in [0.29, 0.717) is 19.1 Å². The SMILES string of the molecule is CN1CCCC1CN(CCc1ccccc1)C(=O)CF. The molecule has 1 aliphatic rings. The van der Waals surface area contributed by atoms with Crippen molar-refractivity contribution in [2.75, 3.05) is 33.4 Å². The van der Waals surface area contributed by atoms with Gasteiger partial charge in [-0.05, 0) is 38.4 Å². The van der Waals surface area contributed by atoms with E-state index < -0.39 is 6.67 Å². The zero-order valence-electron chi connectivity index (χ0n) is 12.1. The Labute approximate surface area is 120 Å². The molecule has 110 valence electrons. The van der Waals surface area contributed by atoms with Crippen LogP contribution in [0.5, 0.6) is 0 Å². The highest BCUT2D eigenvalue weighted by Gasteiger charge is 2.25. The molecule has 20 heavy (non-hydrogen) atoms. The molecule has 0 aliphatic carbocycles. The minimum absolute atomic E-state index is 0.376. The number of benzene rings is 1. The van der Waals surface area contributed by atoms with Crippen LogP contribution in [0.4, 0.5) is 4.39 Å². The summed E-state index contributed by atoms with van der Waals surface area (Å²) in [6.45, 7) is 1.41. The van der Waals surface area contributed by atoms with Crippen molar-refractivity contribution in [1.82, 2.24) is 9.80 Å². The zero-order chi connectivity index (χ0) is 14.4. The molecule has 0 bridgehead atoms. The van der Waals surface area contributed by atoms with Crippen molar-refractivity contribution in [1.29, 1.82) is 0 Å². The van der Waals surface area contributed by atoms with Gasteiger partial charge in [0.25, 0.3) is 5.91 Å². The molecule has 1 aliphatic heterocycles. The predicted molar refractivity (Wildman–Crippen MR) is 78.4 cm³/mol. The molecule has 1 aromatic rings. The molecule has 1 atom stereocenters. The lowest BCUT2D eigenvalue weighted by atomic mass is 10.1. The summed E-state index contributed by atoms with van der Waals surface area (Å²) in [6, 6.07) is 10.4. The Bertz CT molecular complexity index is 424. The fraction of sp³-hybridized carbons (Fsp3) is 0.562. The third kappa shape index (κ3) is 4.04. The minimum Gasteiger partial charge on any atom is -0.339 e. The number of likely N-dealkylation sites (tertiary alicyclic amines) is 1. The first-order valence-corrected chi connectivity index (χ1v) is 7.28. The number of amides is 1. The van der Waals surface area contributed by atoms with Crippen LogP contribution in [-0.2, 0) is 11.2 Å². The van der Waals surface area contributed by atoms with E-state index in [9.17, 15) is 9.18 Å². The van der Waals surface area contributed by atoms with Crippen LogP contribution in [-0.4, -0.2) is 55.1 Å². The summed E-state index contributed by atoms with van der Waals surface area (Å²) in [5.41, 5.74) is 1.18. The van der Waals surface area contributed by atoms with Gasteiger partial charge < -0.3 is 9.80 Å². The normalized spacial score (nSPS) is 19.2. The van der Waals surface area contributed by atoms with Gasteiger partial charge in [-0.3, -0.25) is 4.79 Å². The molecule has 0 aromatic heterocycles. The summed E-state index contributed by atoms with van der Waals surface area (Å²) in [7, 11) is 2.08. The van der Waals surface area contributed by atoms with Crippen molar-refractivity contribution in [3.05, 3.63) is 35.9 Å². The van der Waals surface area contributed by atoms with Crippen LogP contribution >= 0.6 is 0 Å². The summed E-state index contributed by atoms with van der Waals surface area (Å²) in [4.78, 5) is 15.7. The average molecular weight is 278 g/mol. The zero-order valence-corrected chi connectivity index (χ0v) is 12.1. The van der Waals surface area contributed by atoms with E-state index in [1.165, 1.54) is 5.56 Å². The van der Waals surface area contributed by atoms with Gasteiger partial charge in [0.2, 0.25) is 0 Å². The Morgan fingerprint density at radius 2 is 2.15 bits per heavy atom. The van der Waals surface area contributed by atoms with E-state index in [0.717, 1.165) is 25.8 Å². The van der Waals surface area contributed by atoms with Crippen LogP contribution in [0.15, 0.2) is 30.3 Å². The summed E-state index contributed by atoms with van der Waals surface area (Å²) in [6.07, 6.45) is 3.04. The molecule has 1 fully saturated rings. The summed E-state index contributed by atoms with van der Waals surface area (Å²) < 4.78 is 12.7. The van der Waals surface area contributed by atoms with E-state index in [2.05, 4.69) is 11.9 Å². The molecular formula is C16H23FN2O. The highest BCUT2D eigenvalue weighted by molar-refractivity contribution is 5.77. The maximum atomic E-state index is 12.7. The standard InChI is InChI=1S/C16H23FN2O/c1-18-10-5-8-15(18)13-19(16(20)12-17)11-9-14-6-3-2-4-7-14/h2-4,6-7,15H,5,8-13H2,1H3. The van der Waals surface area contributed by atoms with Gasteiger partial charge in [0.1, 0.15) is 0 Å². The van der Waals surface area contributed by atoms with E-state index in [-0.39, 0.29) is 5.91 Å². The van der Waals surface area contributed by atoms with Gasteiger partial charge in [-0.25, -0.2) is 4.39 Å². The Kier molecular flexibility index (Phi) is 5.53. The van der Waals surface area contributed by atoms with Crippen molar-refractivity contribution >= 4 is 5.91 Å². The Balaban J connectivity index is 1.91. The van der Waals surface area contributed by atoms with Gasteiger partial charge in [0.15, 0.2) is 6.67 Å². The molecule has 2 rings (SSSR count). The van der Waals surface area contributed by atoms with Gasteiger partial charge >= 0.3 is 0 Å². The lowest BCUT2D eigenvalue weighted by molar-refractivity contribution is -0.132. The first-order chi connectivity index (χ1) is 9.70. The molecule has 1 saturated heterocycles. The second-order valence-corrected chi connectivity index (χ2v) is 5.49. The van der Waals surface area contributed by atoms with E-state index in [4.69, 9.17) is 0 Å². The maximum absolute atomic E-state index is 12.7. The number of likely N-dealkylation sites (N-methyl/N-ethyl adjacent to an activating group) is 1. The van der Waals surface area contributed by atoms with Crippen molar-refractivity contribution in [2.45, 2.75) is 25.3 Å². The largest absolute Gasteiger partial charge is 0.339 e. The van der Waals surface area contributed by atoms with Crippen molar-refractivity contribution < 1.29 is 9.18 Å². The highest BCUT2D eigenvalue weighted by atomic mass is 19.1. The molecule has 0 saturated carbocycles.